The molecule has 0 atom stereocenters. The number of fused-ring (bicyclic) bond motifs is 6. The molecule has 7 rings (SSSR count). The number of nitrogens with zero attached hydrogens (tertiary/aromatic N) is 4. The Hall–Kier alpha value is -4.09. The quantitative estimate of drug-likeness (QED) is 0.298. The predicted molar refractivity (Wildman–Crippen MR) is 132 cm³/mol. The zero-order valence-corrected chi connectivity index (χ0v) is 17.8. The lowest BCUT2D eigenvalue weighted by molar-refractivity contribution is 0.988. The van der Waals surface area contributed by atoms with Crippen LogP contribution in [-0.2, 0) is 0 Å². The minimum absolute atomic E-state index is 0.653. The minimum Gasteiger partial charge on any atom is -0.276 e. The van der Waals surface area contributed by atoms with Crippen molar-refractivity contribution in [3.8, 4) is 17.1 Å². The Morgan fingerprint density at radius 3 is 2.28 bits per heavy atom. The molecule has 0 N–H and O–H groups in total. The first-order valence-electron chi connectivity index (χ1n) is 10.4. The number of pyridine rings is 1. The molecule has 0 aliphatic rings. The molecule has 0 radical (unpaired) electrons. The number of hydrogen-bond donors (Lipinski definition) is 0. The number of thiophene rings is 1. The molecule has 150 valence electrons. The van der Waals surface area contributed by atoms with E-state index in [1.54, 1.807) is 12.4 Å². The van der Waals surface area contributed by atoms with E-state index in [2.05, 4.69) is 81.3 Å². The SMILES string of the molecule is c1ccc(-c2cnc3c4cc5c(cc4n(-c4ncccn4)c3c2)sc2ccccc25)cc1. The fourth-order valence-corrected chi connectivity index (χ4v) is 5.63. The third-order valence-electron chi connectivity index (χ3n) is 5.96. The van der Waals surface area contributed by atoms with Crippen LogP contribution in [0.3, 0.4) is 0 Å². The van der Waals surface area contributed by atoms with E-state index in [0.29, 0.717) is 5.95 Å². The van der Waals surface area contributed by atoms with Gasteiger partial charge in [-0.05, 0) is 35.9 Å². The average Bonchev–Trinajstić information content (AvgIpc) is 3.38. The zero-order valence-electron chi connectivity index (χ0n) is 16.9. The Kier molecular flexibility index (Phi) is 3.68. The van der Waals surface area contributed by atoms with E-state index in [-0.39, 0.29) is 0 Å². The summed E-state index contributed by atoms with van der Waals surface area (Å²) < 4.78 is 4.68. The van der Waals surface area contributed by atoms with Crippen LogP contribution in [0.4, 0.5) is 0 Å². The molecular formula is C27H16N4S. The maximum atomic E-state index is 4.93. The van der Waals surface area contributed by atoms with Crippen LogP contribution in [0.25, 0.3) is 59.2 Å². The van der Waals surface area contributed by atoms with Gasteiger partial charge in [0.15, 0.2) is 0 Å². The first kappa shape index (κ1) is 17.6. The van der Waals surface area contributed by atoms with E-state index in [9.17, 15) is 0 Å². The summed E-state index contributed by atoms with van der Waals surface area (Å²) in [6.07, 6.45) is 5.53. The normalized spacial score (nSPS) is 11.8. The number of hydrogen-bond acceptors (Lipinski definition) is 4. The van der Waals surface area contributed by atoms with Gasteiger partial charge in [0.2, 0.25) is 5.95 Å². The first-order valence-corrected chi connectivity index (χ1v) is 11.3. The van der Waals surface area contributed by atoms with Crippen LogP contribution in [0, 0.1) is 0 Å². The van der Waals surface area contributed by atoms with Gasteiger partial charge in [0.05, 0.1) is 16.6 Å². The summed E-state index contributed by atoms with van der Waals surface area (Å²) in [5.41, 5.74) is 5.26. The molecule has 4 aromatic heterocycles. The van der Waals surface area contributed by atoms with Gasteiger partial charge in [0, 0.05) is 49.7 Å². The summed E-state index contributed by atoms with van der Waals surface area (Å²) in [4.78, 5) is 14.1. The van der Waals surface area contributed by atoms with Crippen molar-refractivity contribution in [2.24, 2.45) is 0 Å². The van der Waals surface area contributed by atoms with E-state index < -0.39 is 0 Å². The molecule has 0 saturated carbocycles. The highest BCUT2D eigenvalue weighted by molar-refractivity contribution is 7.25. The van der Waals surface area contributed by atoms with Crippen molar-refractivity contribution in [3.63, 3.8) is 0 Å². The first-order chi connectivity index (χ1) is 15.9. The van der Waals surface area contributed by atoms with Crippen molar-refractivity contribution in [1.29, 1.82) is 0 Å². The Labute approximate surface area is 187 Å². The molecule has 32 heavy (non-hydrogen) atoms. The third kappa shape index (κ3) is 2.52. The van der Waals surface area contributed by atoms with Crippen molar-refractivity contribution in [1.82, 2.24) is 19.5 Å². The van der Waals surface area contributed by atoms with Gasteiger partial charge >= 0.3 is 0 Å². The molecule has 4 heterocycles. The summed E-state index contributed by atoms with van der Waals surface area (Å²) in [5.74, 6) is 0.653. The Balaban J connectivity index is 1.63. The van der Waals surface area contributed by atoms with Crippen molar-refractivity contribution >= 4 is 53.4 Å². The standard InChI is InChI=1S/C27H16N4S/c1-2-7-17(8-3-1)18-13-23-26(30-16-18)21-14-20-19-9-4-5-10-24(19)32-25(20)15-22(21)31(23)27-28-11-6-12-29-27/h1-16H. The van der Waals surface area contributed by atoms with Crippen molar-refractivity contribution in [2.75, 3.05) is 0 Å². The highest BCUT2D eigenvalue weighted by atomic mass is 32.1. The molecule has 0 spiro atoms. The minimum atomic E-state index is 0.653. The predicted octanol–water partition coefficient (Wildman–Crippen LogP) is 7.00. The van der Waals surface area contributed by atoms with Gasteiger partial charge in [0.1, 0.15) is 0 Å². The highest BCUT2D eigenvalue weighted by Gasteiger charge is 2.18. The smallest absolute Gasteiger partial charge is 0.234 e. The van der Waals surface area contributed by atoms with E-state index in [1.165, 1.54) is 20.2 Å². The van der Waals surface area contributed by atoms with Crippen molar-refractivity contribution in [2.45, 2.75) is 0 Å². The molecule has 4 nitrogen and oxygen atoms in total. The van der Waals surface area contributed by atoms with Crippen LogP contribution in [0.2, 0.25) is 0 Å². The van der Waals surface area contributed by atoms with Crippen LogP contribution in [0.5, 0.6) is 0 Å². The lowest BCUT2D eigenvalue weighted by Crippen LogP contribution is -1.99. The number of aromatic nitrogens is 4. The molecule has 0 unspecified atom stereocenters. The fourth-order valence-electron chi connectivity index (χ4n) is 4.51. The Bertz CT molecular complexity index is 1770. The van der Waals surface area contributed by atoms with Gasteiger partial charge in [-0.15, -0.1) is 11.3 Å². The van der Waals surface area contributed by atoms with Gasteiger partial charge in [0.25, 0.3) is 0 Å². The largest absolute Gasteiger partial charge is 0.276 e. The summed E-state index contributed by atoms with van der Waals surface area (Å²) in [5, 5.41) is 3.66. The summed E-state index contributed by atoms with van der Waals surface area (Å²) in [6.45, 7) is 0. The highest BCUT2D eigenvalue weighted by Crippen LogP contribution is 2.40. The van der Waals surface area contributed by atoms with Crippen LogP contribution in [0.15, 0.2) is 97.5 Å². The maximum absolute atomic E-state index is 4.93. The van der Waals surface area contributed by atoms with Gasteiger partial charge in [-0.3, -0.25) is 9.55 Å². The van der Waals surface area contributed by atoms with Gasteiger partial charge in [-0.2, -0.15) is 0 Å². The second kappa shape index (κ2) is 6.70. The third-order valence-corrected chi connectivity index (χ3v) is 7.09. The molecule has 0 aliphatic carbocycles. The van der Waals surface area contributed by atoms with Gasteiger partial charge < -0.3 is 0 Å². The number of rotatable bonds is 2. The molecule has 3 aromatic carbocycles. The number of benzene rings is 3. The molecule has 5 heteroatoms. The lowest BCUT2D eigenvalue weighted by Gasteiger charge is -2.06. The zero-order chi connectivity index (χ0) is 21.1. The molecule has 0 fully saturated rings. The molecule has 0 amide bonds. The van der Waals surface area contributed by atoms with E-state index in [1.807, 2.05) is 29.7 Å². The maximum Gasteiger partial charge on any atom is 0.234 e. The monoisotopic (exact) mass is 428 g/mol. The van der Waals surface area contributed by atoms with Gasteiger partial charge in [-0.25, -0.2) is 9.97 Å². The second-order valence-electron chi connectivity index (χ2n) is 7.81. The van der Waals surface area contributed by atoms with Crippen LogP contribution in [-0.4, -0.2) is 19.5 Å². The van der Waals surface area contributed by atoms with Crippen molar-refractivity contribution in [3.05, 3.63) is 97.5 Å². The Morgan fingerprint density at radius 1 is 0.594 bits per heavy atom. The summed E-state index contributed by atoms with van der Waals surface area (Å²) in [7, 11) is 0. The van der Waals surface area contributed by atoms with Gasteiger partial charge in [-0.1, -0.05) is 48.5 Å². The summed E-state index contributed by atoms with van der Waals surface area (Å²) >= 11 is 1.82. The molecule has 0 bridgehead atoms. The molecule has 7 aromatic rings. The molecule has 0 aliphatic heterocycles. The van der Waals surface area contributed by atoms with Crippen LogP contribution >= 0.6 is 11.3 Å². The average molecular weight is 429 g/mol. The Morgan fingerprint density at radius 2 is 1.41 bits per heavy atom. The van der Waals surface area contributed by atoms with E-state index in [4.69, 9.17) is 4.98 Å². The van der Waals surface area contributed by atoms with Crippen LogP contribution in [0.1, 0.15) is 0 Å². The fraction of sp³-hybridized carbons (Fsp3) is 0. The lowest BCUT2D eigenvalue weighted by atomic mass is 10.1. The molecular weight excluding hydrogens is 412 g/mol. The summed E-state index contributed by atoms with van der Waals surface area (Å²) in [6, 6.07) is 27.5. The van der Waals surface area contributed by atoms with Crippen molar-refractivity contribution < 1.29 is 0 Å². The van der Waals surface area contributed by atoms with E-state index in [0.717, 1.165) is 33.1 Å². The van der Waals surface area contributed by atoms with Crippen LogP contribution < -0.4 is 0 Å². The second-order valence-corrected chi connectivity index (χ2v) is 8.89. The molecule has 0 saturated heterocycles. The topological polar surface area (TPSA) is 43.6 Å². The van der Waals surface area contributed by atoms with E-state index >= 15 is 0 Å².